The van der Waals surface area contributed by atoms with Crippen LogP contribution >= 0.6 is 0 Å². The lowest BCUT2D eigenvalue weighted by atomic mass is 10.0. The Balaban J connectivity index is 2.13. The topological polar surface area (TPSA) is 32.3 Å². The molecule has 1 amide bonds. The fourth-order valence-corrected chi connectivity index (χ4v) is 2.97. The van der Waals surface area contributed by atoms with E-state index < -0.39 is 0 Å². The van der Waals surface area contributed by atoms with Crippen molar-refractivity contribution in [2.24, 2.45) is 0 Å². The van der Waals surface area contributed by atoms with E-state index in [2.05, 4.69) is 43.1 Å². The number of benzene rings is 1. The molecule has 1 N–H and O–H groups in total. The highest BCUT2D eigenvalue weighted by Gasteiger charge is 2.25. The van der Waals surface area contributed by atoms with Gasteiger partial charge in [-0.25, -0.2) is 0 Å². The van der Waals surface area contributed by atoms with Gasteiger partial charge in [-0.05, 0) is 49.4 Å². The molecular formula is C18H28N2O. The normalized spacial score (nSPS) is 18.8. The van der Waals surface area contributed by atoms with Crippen LogP contribution in [0.2, 0.25) is 0 Å². The van der Waals surface area contributed by atoms with Gasteiger partial charge in [0, 0.05) is 24.7 Å². The van der Waals surface area contributed by atoms with Crippen molar-refractivity contribution in [3.63, 3.8) is 0 Å². The molecule has 1 unspecified atom stereocenters. The third-order valence-electron chi connectivity index (χ3n) is 4.26. The second kappa shape index (κ2) is 7.60. The van der Waals surface area contributed by atoms with Crippen LogP contribution in [0.4, 0.5) is 0 Å². The van der Waals surface area contributed by atoms with E-state index in [4.69, 9.17) is 0 Å². The maximum absolute atomic E-state index is 12.8. The summed E-state index contributed by atoms with van der Waals surface area (Å²) in [4.78, 5) is 14.9. The summed E-state index contributed by atoms with van der Waals surface area (Å²) in [6.45, 7) is 9.33. The second-order valence-electron chi connectivity index (χ2n) is 6.28. The van der Waals surface area contributed by atoms with Gasteiger partial charge in [-0.3, -0.25) is 4.79 Å². The Bertz CT molecular complexity index is 447. The predicted octanol–water partition coefficient (Wildman–Crippen LogP) is 3.41. The summed E-state index contributed by atoms with van der Waals surface area (Å²) in [5, 5.41) is 3.41. The Morgan fingerprint density at radius 3 is 2.57 bits per heavy atom. The van der Waals surface area contributed by atoms with Crippen LogP contribution in [0.25, 0.3) is 0 Å². The van der Waals surface area contributed by atoms with Gasteiger partial charge in [-0.1, -0.05) is 32.9 Å². The minimum Gasteiger partial charge on any atom is -0.334 e. The first-order valence-corrected chi connectivity index (χ1v) is 8.25. The molecule has 0 saturated carbocycles. The molecule has 1 heterocycles. The molecule has 1 atom stereocenters. The summed E-state index contributed by atoms with van der Waals surface area (Å²) in [6, 6.07) is 8.48. The Labute approximate surface area is 128 Å². The lowest BCUT2D eigenvalue weighted by Crippen LogP contribution is -2.49. The molecule has 116 valence electrons. The molecule has 21 heavy (non-hydrogen) atoms. The van der Waals surface area contributed by atoms with E-state index in [1.807, 2.05) is 12.1 Å². The van der Waals surface area contributed by atoms with Gasteiger partial charge in [0.1, 0.15) is 0 Å². The maximum Gasteiger partial charge on any atom is 0.254 e. The number of carbonyl (C=O) groups excluding carboxylic acids is 1. The number of amides is 1. The summed E-state index contributed by atoms with van der Waals surface area (Å²) >= 11 is 0. The van der Waals surface area contributed by atoms with Gasteiger partial charge >= 0.3 is 0 Å². The summed E-state index contributed by atoms with van der Waals surface area (Å²) in [5.41, 5.74) is 2.10. The molecule has 0 aromatic heterocycles. The second-order valence-corrected chi connectivity index (χ2v) is 6.28. The average molecular weight is 288 g/mol. The van der Waals surface area contributed by atoms with Crippen LogP contribution in [-0.4, -0.2) is 36.5 Å². The largest absolute Gasteiger partial charge is 0.334 e. The SMILES string of the molecule is CCCN(C(=O)c1ccc(C(C)C)cc1)C1CCCNC1. The van der Waals surface area contributed by atoms with Crippen LogP contribution < -0.4 is 5.32 Å². The number of nitrogens with one attached hydrogen (secondary N) is 1. The van der Waals surface area contributed by atoms with Crippen molar-refractivity contribution in [2.75, 3.05) is 19.6 Å². The van der Waals surface area contributed by atoms with Crippen molar-refractivity contribution < 1.29 is 4.79 Å². The van der Waals surface area contributed by atoms with Crippen molar-refractivity contribution in [3.05, 3.63) is 35.4 Å². The van der Waals surface area contributed by atoms with Crippen LogP contribution in [-0.2, 0) is 0 Å². The number of hydrogen-bond acceptors (Lipinski definition) is 2. The fraction of sp³-hybridized carbons (Fsp3) is 0.611. The van der Waals surface area contributed by atoms with Crippen LogP contribution in [0, 0.1) is 0 Å². The zero-order chi connectivity index (χ0) is 15.2. The third kappa shape index (κ3) is 4.07. The first-order chi connectivity index (χ1) is 10.1. The van der Waals surface area contributed by atoms with Gasteiger partial charge in [0.2, 0.25) is 0 Å². The first-order valence-electron chi connectivity index (χ1n) is 8.25. The van der Waals surface area contributed by atoms with Crippen LogP contribution in [0.1, 0.15) is 61.9 Å². The summed E-state index contributed by atoms with van der Waals surface area (Å²) in [6.07, 6.45) is 3.28. The first kappa shape index (κ1) is 16.0. The standard InChI is InChI=1S/C18H28N2O/c1-4-12-20(17-6-5-11-19-13-17)18(21)16-9-7-15(8-10-16)14(2)3/h7-10,14,17,19H,4-6,11-13H2,1-3H3. The summed E-state index contributed by atoms with van der Waals surface area (Å²) in [5.74, 6) is 0.685. The van der Waals surface area contributed by atoms with Crippen molar-refractivity contribution >= 4 is 5.91 Å². The van der Waals surface area contributed by atoms with Crippen molar-refractivity contribution in [1.82, 2.24) is 10.2 Å². The summed E-state index contributed by atoms with van der Waals surface area (Å²) < 4.78 is 0. The minimum absolute atomic E-state index is 0.181. The van der Waals surface area contributed by atoms with Crippen molar-refractivity contribution in [2.45, 2.75) is 52.0 Å². The Morgan fingerprint density at radius 1 is 1.33 bits per heavy atom. The lowest BCUT2D eigenvalue weighted by molar-refractivity contribution is 0.0649. The monoisotopic (exact) mass is 288 g/mol. The minimum atomic E-state index is 0.181. The van der Waals surface area contributed by atoms with Gasteiger partial charge in [0.15, 0.2) is 0 Å². The number of carbonyl (C=O) groups is 1. The molecule has 1 saturated heterocycles. The molecule has 3 heteroatoms. The summed E-state index contributed by atoms with van der Waals surface area (Å²) in [7, 11) is 0. The van der Waals surface area contributed by atoms with E-state index in [1.165, 1.54) is 5.56 Å². The molecule has 3 nitrogen and oxygen atoms in total. The lowest BCUT2D eigenvalue weighted by Gasteiger charge is -2.34. The van der Waals surface area contributed by atoms with E-state index >= 15 is 0 Å². The van der Waals surface area contributed by atoms with Gasteiger partial charge in [0.25, 0.3) is 5.91 Å². The highest BCUT2D eigenvalue weighted by molar-refractivity contribution is 5.94. The molecule has 1 aliphatic rings. The van der Waals surface area contributed by atoms with Gasteiger partial charge in [-0.2, -0.15) is 0 Å². The molecule has 1 aromatic rings. The zero-order valence-corrected chi connectivity index (χ0v) is 13.6. The van der Waals surface area contributed by atoms with Crippen LogP contribution in [0.3, 0.4) is 0 Å². The highest BCUT2D eigenvalue weighted by atomic mass is 16.2. The fourth-order valence-electron chi connectivity index (χ4n) is 2.97. The Hall–Kier alpha value is -1.35. The smallest absolute Gasteiger partial charge is 0.254 e. The Kier molecular flexibility index (Phi) is 5.80. The molecule has 0 bridgehead atoms. The number of piperidine rings is 1. The van der Waals surface area contributed by atoms with Gasteiger partial charge in [-0.15, -0.1) is 0 Å². The molecule has 1 fully saturated rings. The highest BCUT2D eigenvalue weighted by Crippen LogP contribution is 2.18. The van der Waals surface area contributed by atoms with Crippen LogP contribution in [0.5, 0.6) is 0 Å². The van der Waals surface area contributed by atoms with Crippen molar-refractivity contribution in [1.29, 1.82) is 0 Å². The van der Waals surface area contributed by atoms with Crippen LogP contribution in [0.15, 0.2) is 24.3 Å². The molecule has 0 aliphatic carbocycles. The number of rotatable bonds is 5. The van der Waals surface area contributed by atoms with E-state index in [-0.39, 0.29) is 5.91 Å². The number of hydrogen-bond donors (Lipinski definition) is 1. The number of nitrogens with zero attached hydrogens (tertiary/aromatic N) is 1. The molecular weight excluding hydrogens is 260 g/mol. The maximum atomic E-state index is 12.8. The van der Waals surface area contributed by atoms with Gasteiger partial charge < -0.3 is 10.2 Å². The van der Waals surface area contributed by atoms with E-state index in [0.717, 1.165) is 44.5 Å². The Morgan fingerprint density at radius 2 is 2.05 bits per heavy atom. The molecule has 2 rings (SSSR count). The zero-order valence-electron chi connectivity index (χ0n) is 13.6. The van der Waals surface area contributed by atoms with E-state index in [9.17, 15) is 4.79 Å². The average Bonchev–Trinajstić information content (AvgIpc) is 2.53. The molecule has 1 aromatic carbocycles. The molecule has 0 radical (unpaired) electrons. The van der Waals surface area contributed by atoms with E-state index in [1.54, 1.807) is 0 Å². The molecule has 1 aliphatic heterocycles. The quantitative estimate of drug-likeness (QED) is 0.900. The molecule has 0 spiro atoms. The van der Waals surface area contributed by atoms with Crippen molar-refractivity contribution in [3.8, 4) is 0 Å². The third-order valence-corrected chi connectivity index (χ3v) is 4.26. The predicted molar refractivity (Wildman–Crippen MR) is 87.8 cm³/mol. The van der Waals surface area contributed by atoms with E-state index in [0.29, 0.717) is 12.0 Å². The van der Waals surface area contributed by atoms with Gasteiger partial charge in [0.05, 0.1) is 0 Å².